The van der Waals surface area contributed by atoms with Crippen LogP contribution in [0.2, 0.25) is 0 Å². The van der Waals surface area contributed by atoms with E-state index in [1.807, 2.05) is 0 Å². The van der Waals surface area contributed by atoms with Gasteiger partial charge < -0.3 is 4.90 Å². The molecule has 1 nitrogen and oxygen atoms in total. The number of nitrogens with zero attached hydrogens (tertiary/aromatic N) is 1. The van der Waals surface area contributed by atoms with Crippen LogP contribution in [0.4, 0.5) is 0 Å². The van der Waals surface area contributed by atoms with Crippen LogP contribution in [0.3, 0.4) is 0 Å². The molecule has 15 heavy (non-hydrogen) atoms. The van der Waals surface area contributed by atoms with E-state index in [-0.39, 0.29) is 0 Å². The maximum absolute atomic E-state index is 2.53. The second-order valence-corrected chi connectivity index (χ2v) is 3.88. The van der Waals surface area contributed by atoms with E-state index in [1.165, 1.54) is 38.0 Å². The van der Waals surface area contributed by atoms with Gasteiger partial charge in [-0.1, -0.05) is 39.3 Å². The molecule has 0 aliphatic heterocycles. The molecular weight excluding hydrogens is 182 g/mol. The Labute approximate surface area is 95.9 Å². The van der Waals surface area contributed by atoms with Crippen molar-refractivity contribution >= 4 is 0 Å². The Bertz CT molecular complexity index is 192. The molecule has 0 rings (SSSR count). The summed E-state index contributed by atoms with van der Waals surface area (Å²) >= 11 is 0. The Hall–Kier alpha value is -0.720. The number of allylic oxidation sites excluding steroid dienone is 4. The fourth-order valence-electron chi connectivity index (χ4n) is 1.67. The summed E-state index contributed by atoms with van der Waals surface area (Å²) in [6, 6.07) is 0. The average Bonchev–Trinajstić information content (AvgIpc) is 2.26. The van der Waals surface area contributed by atoms with Crippen LogP contribution < -0.4 is 0 Å². The third-order valence-corrected chi connectivity index (χ3v) is 2.52. The molecule has 0 amide bonds. The van der Waals surface area contributed by atoms with Gasteiger partial charge in [0.15, 0.2) is 0 Å². The molecule has 1 heteroatoms. The van der Waals surface area contributed by atoms with Gasteiger partial charge in [-0.05, 0) is 32.3 Å². The summed E-state index contributed by atoms with van der Waals surface area (Å²) in [5, 5.41) is 0. The van der Waals surface area contributed by atoms with Crippen molar-refractivity contribution < 1.29 is 0 Å². The molecule has 0 unspecified atom stereocenters. The van der Waals surface area contributed by atoms with Gasteiger partial charge in [0.25, 0.3) is 0 Å². The molecule has 0 fully saturated rings. The number of hydrogen-bond acceptors (Lipinski definition) is 1. The lowest BCUT2D eigenvalue weighted by Gasteiger charge is -2.26. The predicted octanol–water partition coefficient (Wildman–Crippen LogP) is 4.37. The zero-order valence-corrected chi connectivity index (χ0v) is 10.9. The lowest BCUT2D eigenvalue weighted by molar-refractivity contribution is 0.329. The maximum atomic E-state index is 2.53. The molecule has 0 spiro atoms. The van der Waals surface area contributed by atoms with Crippen LogP contribution in [0.1, 0.15) is 53.4 Å². The van der Waals surface area contributed by atoms with Crippen molar-refractivity contribution in [2.45, 2.75) is 53.4 Å². The molecule has 0 radical (unpaired) electrons. The van der Waals surface area contributed by atoms with Crippen LogP contribution in [0.25, 0.3) is 0 Å². The molecule has 0 aromatic rings. The first-order valence-corrected chi connectivity index (χ1v) is 6.36. The molecule has 0 saturated heterocycles. The van der Waals surface area contributed by atoms with E-state index in [2.05, 4.69) is 50.8 Å². The summed E-state index contributed by atoms with van der Waals surface area (Å²) in [6.45, 7) is 11.2. The Morgan fingerprint density at radius 1 is 1.07 bits per heavy atom. The highest BCUT2D eigenvalue weighted by Gasteiger charge is 2.04. The van der Waals surface area contributed by atoms with Gasteiger partial charge in [0, 0.05) is 18.8 Å². The molecule has 0 N–H and O–H groups in total. The fourth-order valence-corrected chi connectivity index (χ4v) is 1.67. The van der Waals surface area contributed by atoms with Crippen LogP contribution in [0.15, 0.2) is 23.9 Å². The maximum Gasteiger partial charge on any atom is 0.0174 e. The SMILES string of the molecule is C/C=C/C=C(\CC)N(CCC)CCCC. The first-order chi connectivity index (χ1) is 7.29. The van der Waals surface area contributed by atoms with Crippen LogP contribution in [-0.4, -0.2) is 18.0 Å². The van der Waals surface area contributed by atoms with Crippen molar-refractivity contribution in [3.63, 3.8) is 0 Å². The van der Waals surface area contributed by atoms with E-state index in [4.69, 9.17) is 0 Å². The normalized spacial score (nSPS) is 12.4. The predicted molar refractivity (Wildman–Crippen MR) is 70.0 cm³/mol. The second kappa shape index (κ2) is 9.82. The standard InChI is InChI=1S/C14H27N/c1-5-9-11-14(8-4)15(12-7-3)13-10-6-2/h5,9,11H,6-8,10,12-13H2,1-4H3/b9-5+,14-11+. The molecule has 0 aromatic heterocycles. The highest BCUT2D eigenvalue weighted by molar-refractivity contribution is 5.11. The van der Waals surface area contributed by atoms with Crippen molar-refractivity contribution in [3.05, 3.63) is 23.9 Å². The Morgan fingerprint density at radius 3 is 2.27 bits per heavy atom. The van der Waals surface area contributed by atoms with Gasteiger partial charge in [0.1, 0.15) is 0 Å². The van der Waals surface area contributed by atoms with E-state index < -0.39 is 0 Å². The van der Waals surface area contributed by atoms with Crippen molar-refractivity contribution in [1.29, 1.82) is 0 Å². The summed E-state index contributed by atoms with van der Waals surface area (Å²) in [4.78, 5) is 2.53. The second-order valence-electron chi connectivity index (χ2n) is 3.88. The molecule has 0 aliphatic rings. The van der Waals surface area contributed by atoms with E-state index in [1.54, 1.807) is 0 Å². The molecular formula is C14H27N. The van der Waals surface area contributed by atoms with Gasteiger partial charge in [-0.3, -0.25) is 0 Å². The van der Waals surface area contributed by atoms with E-state index in [0.717, 1.165) is 6.42 Å². The lowest BCUT2D eigenvalue weighted by atomic mass is 10.2. The number of rotatable bonds is 8. The summed E-state index contributed by atoms with van der Waals surface area (Å²) in [5.74, 6) is 0. The number of unbranched alkanes of at least 4 members (excludes halogenated alkanes) is 1. The Morgan fingerprint density at radius 2 is 1.80 bits per heavy atom. The van der Waals surface area contributed by atoms with Gasteiger partial charge >= 0.3 is 0 Å². The summed E-state index contributed by atoms with van der Waals surface area (Å²) in [6.07, 6.45) is 11.4. The van der Waals surface area contributed by atoms with Gasteiger partial charge in [0.2, 0.25) is 0 Å². The summed E-state index contributed by atoms with van der Waals surface area (Å²) < 4.78 is 0. The first-order valence-electron chi connectivity index (χ1n) is 6.36. The molecule has 0 bridgehead atoms. The van der Waals surface area contributed by atoms with Crippen LogP contribution in [-0.2, 0) is 0 Å². The molecule has 0 heterocycles. The van der Waals surface area contributed by atoms with E-state index >= 15 is 0 Å². The van der Waals surface area contributed by atoms with Crippen molar-refractivity contribution in [2.24, 2.45) is 0 Å². The summed E-state index contributed by atoms with van der Waals surface area (Å²) in [7, 11) is 0. The van der Waals surface area contributed by atoms with E-state index in [0.29, 0.717) is 0 Å². The molecule has 88 valence electrons. The highest BCUT2D eigenvalue weighted by Crippen LogP contribution is 2.11. The molecule has 0 saturated carbocycles. The zero-order valence-electron chi connectivity index (χ0n) is 10.9. The smallest absolute Gasteiger partial charge is 0.0174 e. The van der Waals surface area contributed by atoms with Gasteiger partial charge in [-0.25, -0.2) is 0 Å². The van der Waals surface area contributed by atoms with Gasteiger partial charge in [-0.15, -0.1) is 0 Å². The van der Waals surface area contributed by atoms with E-state index in [9.17, 15) is 0 Å². The van der Waals surface area contributed by atoms with Crippen LogP contribution in [0.5, 0.6) is 0 Å². The minimum atomic E-state index is 1.13. The third-order valence-electron chi connectivity index (χ3n) is 2.52. The first kappa shape index (κ1) is 14.3. The van der Waals surface area contributed by atoms with Gasteiger partial charge in [-0.2, -0.15) is 0 Å². The minimum absolute atomic E-state index is 1.13. The largest absolute Gasteiger partial charge is 0.375 e. The van der Waals surface area contributed by atoms with Crippen LogP contribution in [0, 0.1) is 0 Å². The monoisotopic (exact) mass is 209 g/mol. The van der Waals surface area contributed by atoms with Gasteiger partial charge in [0.05, 0.1) is 0 Å². The molecule has 0 atom stereocenters. The number of hydrogen-bond donors (Lipinski definition) is 0. The average molecular weight is 209 g/mol. The Kier molecular flexibility index (Phi) is 9.35. The topological polar surface area (TPSA) is 3.24 Å². The minimum Gasteiger partial charge on any atom is -0.375 e. The quantitative estimate of drug-likeness (QED) is 0.537. The molecule has 0 aliphatic carbocycles. The summed E-state index contributed by atoms with van der Waals surface area (Å²) in [5.41, 5.74) is 1.48. The highest BCUT2D eigenvalue weighted by atomic mass is 15.1. The Balaban J connectivity index is 4.38. The van der Waals surface area contributed by atoms with Crippen LogP contribution >= 0.6 is 0 Å². The molecule has 0 aromatic carbocycles. The lowest BCUT2D eigenvalue weighted by Crippen LogP contribution is -2.24. The van der Waals surface area contributed by atoms with Crippen molar-refractivity contribution in [1.82, 2.24) is 4.90 Å². The van der Waals surface area contributed by atoms with Crippen molar-refractivity contribution in [2.75, 3.05) is 13.1 Å². The fraction of sp³-hybridized carbons (Fsp3) is 0.714. The third kappa shape index (κ3) is 6.38. The zero-order chi connectivity index (χ0) is 11.5. The van der Waals surface area contributed by atoms with Crippen molar-refractivity contribution in [3.8, 4) is 0 Å².